The SMILES string of the molecule is CCC1CNC(Cc2ccccc2)CN1c1cncnc1. The van der Waals surface area contributed by atoms with E-state index in [1.165, 1.54) is 5.56 Å². The average Bonchev–Trinajstić information content (AvgIpc) is 2.56. The zero-order valence-electron chi connectivity index (χ0n) is 12.4. The molecule has 1 saturated heterocycles. The van der Waals surface area contributed by atoms with Gasteiger partial charge >= 0.3 is 0 Å². The van der Waals surface area contributed by atoms with E-state index in [9.17, 15) is 0 Å². The highest BCUT2D eigenvalue weighted by atomic mass is 15.2. The predicted octanol–water partition coefficient (Wildman–Crippen LogP) is 2.28. The fourth-order valence-electron chi connectivity index (χ4n) is 3.02. The third kappa shape index (κ3) is 3.39. The van der Waals surface area contributed by atoms with Crippen molar-refractivity contribution in [2.75, 3.05) is 18.0 Å². The molecule has 0 saturated carbocycles. The van der Waals surface area contributed by atoms with Gasteiger partial charge in [0.1, 0.15) is 6.33 Å². The molecule has 2 atom stereocenters. The van der Waals surface area contributed by atoms with Gasteiger partial charge in [-0.3, -0.25) is 0 Å². The summed E-state index contributed by atoms with van der Waals surface area (Å²) in [7, 11) is 0. The van der Waals surface area contributed by atoms with Crippen LogP contribution in [0.3, 0.4) is 0 Å². The number of rotatable bonds is 4. The van der Waals surface area contributed by atoms with Crippen LogP contribution >= 0.6 is 0 Å². The molecular formula is C17H22N4. The summed E-state index contributed by atoms with van der Waals surface area (Å²) in [5.41, 5.74) is 2.51. The van der Waals surface area contributed by atoms with Crippen molar-refractivity contribution in [2.45, 2.75) is 31.8 Å². The van der Waals surface area contributed by atoms with E-state index in [1.54, 1.807) is 6.33 Å². The summed E-state index contributed by atoms with van der Waals surface area (Å²) in [4.78, 5) is 10.8. The van der Waals surface area contributed by atoms with Gasteiger partial charge in [0.05, 0.1) is 18.1 Å². The van der Waals surface area contributed by atoms with E-state index >= 15 is 0 Å². The molecule has 0 radical (unpaired) electrons. The minimum absolute atomic E-state index is 0.468. The van der Waals surface area contributed by atoms with Gasteiger partial charge in [-0.1, -0.05) is 37.3 Å². The molecule has 1 fully saturated rings. The molecule has 1 N–H and O–H groups in total. The quantitative estimate of drug-likeness (QED) is 0.934. The Bertz CT molecular complexity index is 543. The first-order valence-electron chi connectivity index (χ1n) is 7.65. The molecule has 1 aliphatic rings. The van der Waals surface area contributed by atoms with Gasteiger partial charge in [0, 0.05) is 25.2 Å². The van der Waals surface area contributed by atoms with Crippen LogP contribution in [0.1, 0.15) is 18.9 Å². The highest BCUT2D eigenvalue weighted by Gasteiger charge is 2.27. The highest BCUT2D eigenvalue weighted by Crippen LogP contribution is 2.20. The van der Waals surface area contributed by atoms with Crippen molar-refractivity contribution >= 4 is 5.69 Å². The van der Waals surface area contributed by atoms with E-state index in [2.05, 4.69) is 57.4 Å². The summed E-state index contributed by atoms with van der Waals surface area (Å²) < 4.78 is 0. The molecule has 4 heteroatoms. The number of benzene rings is 1. The number of piperazine rings is 1. The van der Waals surface area contributed by atoms with Crippen LogP contribution in [-0.4, -0.2) is 35.1 Å². The van der Waals surface area contributed by atoms with E-state index in [4.69, 9.17) is 0 Å². The standard InChI is InChI=1S/C17H22N4/c1-2-16-11-20-15(8-14-6-4-3-5-7-14)12-21(16)17-9-18-13-19-10-17/h3-7,9-10,13,15-16,20H,2,8,11-12H2,1H3. The Hall–Kier alpha value is -1.94. The van der Waals surface area contributed by atoms with Crippen molar-refractivity contribution in [3.63, 3.8) is 0 Å². The van der Waals surface area contributed by atoms with Crippen LogP contribution in [0.5, 0.6) is 0 Å². The van der Waals surface area contributed by atoms with Crippen molar-refractivity contribution in [1.82, 2.24) is 15.3 Å². The summed E-state index contributed by atoms with van der Waals surface area (Å²) in [5, 5.41) is 3.69. The molecule has 3 rings (SSSR count). The topological polar surface area (TPSA) is 41.0 Å². The van der Waals surface area contributed by atoms with Crippen molar-refractivity contribution in [3.05, 3.63) is 54.6 Å². The van der Waals surface area contributed by atoms with Gasteiger partial charge in [-0.25, -0.2) is 9.97 Å². The van der Waals surface area contributed by atoms with Crippen LogP contribution < -0.4 is 10.2 Å². The molecule has 1 aromatic carbocycles. The number of anilines is 1. The third-order valence-electron chi connectivity index (χ3n) is 4.17. The molecule has 1 aromatic heterocycles. The lowest BCUT2D eigenvalue weighted by Crippen LogP contribution is -2.57. The van der Waals surface area contributed by atoms with E-state index in [0.29, 0.717) is 12.1 Å². The number of nitrogens with one attached hydrogen (secondary N) is 1. The molecule has 1 aliphatic heterocycles. The fraction of sp³-hybridized carbons (Fsp3) is 0.412. The lowest BCUT2D eigenvalue weighted by molar-refractivity contribution is 0.383. The maximum absolute atomic E-state index is 4.16. The maximum Gasteiger partial charge on any atom is 0.115 e. The minimum Gasteiger partial charge on any atom is -0.363 e. The molecule has 110 valence electrons. The lowest BCUT2D eigenvalue weighted by atomic mass is 10.0. The Balaban J connectivity index is 1.72. The van der Waals surface area contributed by atoms with Crippen molar-refractivity contribution < 1.29 is 0 Å². The zero-order chi connectivity index (χ0) is 14.5. The summed E-state index contributed by atoms with van der Waals surface area (Å²) in [6, 6.07) is 11.7. The normalized spacial score (nSPS) is 22.2. The summed E-state index contributed by atoms with van der Waals surface area (Å²) in [6.45, 7) is 4.25. The maximum atomic E-state index is 4.16. The van der Waals surface area contributed by atoms with Gasteiger partial charge in [0.25, 0.3) is 0 Å². The van der Waals surface area contributed by atoms with E-state index in [0.717, 1.165) is 31.6 Å². The molecule has 2 aromatic rings. The first-order chi connectivity index (χ1) is 10.4. The smallest absolute Gasteiger partial charge is 0.115 e. The Kier molecular flexibility index (Phi) is 4.46. The van der Waals surface area contributed by atoms with E-state index < -0.39 is 0 Å². The van der Waals surface area contributed by atoms with Gasteiger partial charge in [0.2, 0.25) is 0 Å². The van der Waals surface area contributed by atoms with Crippen LogP contribution in [0.25, 0.3) is 0 Å². The molecule has 2 unspecified atom stereocenters. The number of nitrogens with zero attached hydrogens (tertiary/aromatic N) is 3. The Morgan fingerprint density at radius 2 is 1.95 bits per heavy atom. The molecule has 0 amide bonds. The highest BCUT2D eigenvalue weighted by molar-refractivity contribution is 5.44. The molecule has 2 heterocycles. The monoisotopic (exact) mass is 282 g/mol. The molecule has 0 bridgehead atoms. The van der Waals surface area contributed by atoms with E-state index in [1.807, 2.05) is 12.4 Å². The first kappa shape index (κ1) is 14.0. The van der Waals surface area contributed by atoms with Crippen LogP contribution in [0, 0.1) is 0 Å². The molecule has 0 spiro atoms. The Morgan fingerprint density at radius 1 is 1.19 bits per heavy atom. The van der Waals surface area contributed by atoms with Gasteiger partial charge < -0.3 is 10.2 Å². The average molecular weight is 282 g/mol. The number of hydrogen-bond donors (Lipinski definition) is 1. The van der Waals surface area contributed by atoms with Gasteiger partial charge in [0.15, 0.2) is 0 Å². The number of hydrogen-bond acceptors (Lipinski definition) is 4. The molecule has 4 nitrogen and oxygen atoms in total. The minimum atomic E-state index is 0.468. The van der Waals surface area contributed by atoms with Crippen molar-refractivity contribution in [1.29, 1.82) is 0 Å². The van der Waals surface area contributed by atoms with Gasteiger partial charge in [-0.15, -0.1) is 0 Å². The summed E-state index contributed by atoms with van der Waals surface area (Å²) >= 11 is 0. The first-order valence-corrected chi connectivity index (χ1v) is 7.65. The second-order valence-electron chi connectivity index (χ2n) is 5.61. The second-order valence-corrected chi connectivity index (χ2v) is 5.61. The van der Waals surface area contributed by atoms with Crippen LogP contribution in [0.2, 0.25) is 0 Å². The van der Waals surface area contributed by atoms with Crippen LogP contribution in [-0.2, 0) is 6.42 Å². The van der Waals surface area contributed by atoms with Crippen LogP contribution in [0.4, 0.5) is 5.69 Å². The Morgan fingerprint density at radius 3 is 2.67 bits per heavy atom. The van der Waals surface area contributed by atoms with Crippen molar-refractivity contribution in [3.8, 4) is 0 Å². The summed E-state index contributed by atoms with van der Waals surface area (Å²) in [5.74, 6) is 0. The van der Waals surface area contributed by atoms with Crippen LogP contribution in [0.15, 0.2) is 49.1 Å². The van der Waals surface area contributed by atoms with Crippen molar-refractivity contribution in [2.24, 2.45) is 0 Å². The number of aromatic nitrogens is 2. The fourth-order valence-corrected chi connectivity index (χ4v) is 3.02. The van der Waals surface area contributed by atoms with Gasteiger partial charge in [-0.2, -0.15) is 0 Å². The van der Waals surface area contributed by atoms with Gasteiger partial charge in [-0.05, 0) is 18.4 Å². The second kappa shape index (κ2) is 6.68. The predicted molar refractivity (Wildman–Crippen MR) is 85.4 cm³/mol. The third-order valence-corrected chi connectivity index (χ3v) is 4.17. The van der Waals surface area contributed by atoms with E-state index in [-0.39, 0.29) is 0 Å². The Labute approximate surface area is 126 Å². The zero-order valence-corrected chi connectivity index (χ0v) is 12.4. The molecule has 21 heavy (non-hydrogen) atoms. The molecular weight excluding hydrogens is 260 g/mol. The largest absolute Gasteiger partial charge is 0.363 e. The lowest BCUT2D eigenvalue weighted by Gasteiger charge is -2.41. The summed E-state index contributed by atoms with van der Waals surface area (Å²) in [6.07, 6.45) is 7.61. The molecule has 0 aliphatic carbocycles.